The maximum atomic E-state index is 13.2. The molecule has 0 atom stereocenters. The van der Waals surface area contributed by atoms with Crippen molar-refractivity contribution in [1.29, 1.82) is 0 Å². The van der Waals surface area contributed by atoms with Crippen LogP contribution >= 0.6 is 23.1 Å². The van der Waals surface area contributed by atoms with Gasteiger partial charge in [-0.05, 0) is 61.9 Å². The predicted molar refractivity (Wildman–Crippen MR) is 123 cm³/mol. The Bertz CT molecular complexity index is 1150. The third-order valence-electron chi connectivity index (χ3n) is 5.15. The number of methoxy groups -OCH3 is 1. The van der Waals surface area contributed by atoms with Crippen molar-refractivity contribution < 1.29 is 9.53 Å². The second kappa shape index (κ2) is 8.91. The Morgan fingerprint density at radius 3 is 2.77 bits per heavy atom. The highest BCUT2D eigenvalue weighted by Gasteiger charge is 2.23. The molecule has 2 aromatic heterocycles. The molecular formula is C22H25N3O3S2. The molecular weight excluding hydrogens is 418 g/mol. The summed E-state index contributed by atoms with van der Waals surface area (Å²) in [6, 6.07) is 5.96. The fourth-order valence-corrected chi connectivity index (χ4v) is 6.05. The van der Waals surface area contributed by atoms with E-state index in [9.17, 15) is 9.59 Å². The van der Waals surface area contributed by atoms with Gasteiger partial charge in [0, 0.05) is 17.7 Å². The highest BCUT2D eigenvalue weighted by Crippen LogP contribution is 2.35. The van der Waals surface area contributed by atoms with Crippen LogP contribution in [0.25, 0.3) is 10.2 Å². The van der Waals surface area contributed by atoms with Gasteiger partial charge in [0.15, 0.2) is 5.16 Å². The molecule has 2 heterocycles. The number of anilines is 1. The molecule has 3 aromatic rings. The zero-order valence-corrected chi connectivity index (χ0v) is 19.0. The van der Waals surface area contributed by atoms with Crippen LogP contribution in [-0.4, -0.2) is 34.9 Å². The van der Waals surface area contributed by atoms with Gasteiger partial charge < -0.3 is 10.1 Å². The average Bonchev–Trinajstić information content (AvgIpc) is 3.25. The molecule has 1 aromatic carbocycles. The van der Waals surface area contributed by atoms with Gasteiger partial charge >= 0.3 is 0 Å². The van der Waals surface area contributed by atoms with E-state index in [0.717, 1.165) is 46.3 Å². The Balaban J connectivity index is 1.58. The molecule has 30 heavy (non-hydrogen) atoms. The number of hydrogen-bond acceptors (Lipinski definition) is 6. The number of fused-ring (bicyclic) bond motifs is 3. The van der Waals surface area contributed by atoms with Crippen LogP contribution in [0.2, 0.25) is 0 Å². The molecule has 0 aliphatic heterocycles. The van der Waals surface area contributed by atoms with Crippen LogP contribution in [0, 0.1) is 13.8 Å². The number of hydrogen-bond donors (Lipinski definition) is 1. The molecule has 1 amide bonds. The summed E-state index contributed by atoms with van der Waals surface area (Å²) in [5.41, 5.74) is 4.14. The van der Waals surface area contributed by atoms with Gasteiger partial charge in [-0.3, -0.25) is 14.2 Å². The Hall–Kier alpha value is -2.16. The summed E-state index contributed by atoms with van der Waals surface area (Å²) in [5.74, 6) is 0.0644. The van der Waals surface area contributed by atoms with Crippen molar-refractivity contribution >= 4 is 44.9 Å². The number of thioether (sulfide) groups is 1. The summed E-state index contributed by atoms with van der Waals surface area (Å²) in [4.78, 5) is 32.6. The number of amides is 1. The summed E-state index contributed by atoms with van der Waals surface area (Å²) in [7, 11) is 1.61. The van der Waals surface area contributed by atoms with E-state index >= 15 is 0 Å². The summed E-state index contributed by atoms with van der Waals surface area (Å²) < 4.78 is 6.85. The lowest BCUT2D eigenvalue weighted by molar-refractivity contribution is -0.113. The first-order valence-electron chi connectivity index (χ1n) is 10.0. The fraction of sp³-hybridized carbons (Fsp3) is 0.409. The molecule has 0 unspecified atom stereocenters. The summed E-state index contributed by atoms with van der Waals surface area (Å²) in [6.45, 7) is 4.85. The number of carbonyl (C=O) groups is 1. The standard InChI is InChI=1S/C22H25N3O3S2/c1-13-9-14(2)11-15(10-13)23-18(26)12-29-22-24-20-19(16-5-4-6-17(16)30-20)21(27)25(22)7-8-28-3/h9-11H,4-8,12H2,1-3H3,(H,23,26). The second-order valence-corrected chi connectivity index (χ2v) is 9.62. The van der Waals surface area contributed by atoms with E-state index in [1.54, 1.807) is 23.0 Å². The van der Waals surface area contributed by atoms with Crippen LogP contribution in [0.1, 0.15) is 28.0 Å². The van der Waals surface area contributed by atoms with E-state index in [4.69, 9.17) is 9.72 Å². The summed E-state index contributed by atoms with van der Waals surface area (Å²) in [6.07, 6.45) is 3.07. The number of nitrogens with zero attached hydrogens (tertiary/aromatic N) is 2. The van der Waals surface area contributed by atoms with Crippen molar-refractivity contribution in [2.45, 2.75) is 44.8 Å². The molecule has 4 rings (SSSR count). The smallest absolute Gasteiger partial charge is 0.263 e. The highest BCUT2D eigenvalue weighted by atomic mass is 32.2. The van der Waals surface area contributed by atoms with Crippen LogP contribution < -0.4 is 10.9 Å². The van der Waals surface area contributed by atoms with Gasteiger partial charge in [0.2, 0.25) is 5.91 Å². The minimum absolute atomic E-state index is 0.0198. The van der Waals surface area contributed by atoms with Crippen LogP contribution in [0.4, 0.5) is 5.69 Å². The predicted octanol–water partition coefficient (Wildman–Crippen LogP) is 3.94. The Morgan fingerprint density at radius 1 is 1.27 bits per heavy atom. The van der Waals surface area contributed by atoms with Crippen molar-refractivity contribution in [3.63, 3.8) is 0 Å². The number of benzene rings is 1. The van der Waals surface area contributed by atoms with Gasteiger partial charge in [0.1, 0.15) is 4.83 Å². The number of thiophene rings is 1. The Morgan fingerprint density at radius 2 is 2.03 bits per heavy atom. The maximum Gasteiger partial charge on any atom is 0.263 e. The van der Waals surface area contributed by atoms with Crippen molar-refractivity contribution in [3.8, 4) is 0 Å². The minimum atomic E-state index is -0.119. The first-order chi connectivity index (χ1) is 14.5. The minimum Gasteiger partial charge on any atom is -0.383 e. The molecule has 0 radical (unpaired) electrons. The molecule has 6 nitrogen and oxygen atoms in total. The molecule has 8 heteroatoms. The molecule has 1 N–H and O–H groups in total. The van der Waals surface area contributed by atoms with Gasteiger partial charge in [0.25, 0.3) is 5.56 Å². The zero-order valence-electron chi connectivity index (χ0n) is 17.4. The lowest BCUT2D eigenvalue weighted by Crippen LogP contribution is -2.26. The molecule has 158 valence electrons. The maximum absolute atomic E-state index is 13.2. The van der Waals surface area contributed by atoms with E-state index in [0.29, 0.717) is 18.3 Å². The van der Waals surface area contributed by atoms with Crippen LogP contribution in [0.5, 0.6) is 0 Å². The number of aryl methyl sites for hydroxylation is 4. The first kappa shape index (κ1) is 21.1. The highest BCUT2D eigenvalue weighted by molar-refractivity contribution is 7.99. The van der Waals surface area contributed by atoms with Crippen LogP contribution in [0.15, 0.2) is 28.2 Å². The third-order valence-corrected chi connectivity index (χ3v) is 7.31. The molecule has 0 saturated heterocycles. The zero-order chi connectivity index (χ0) is 21.3. The lowest BCUT2D eigenvalue weighted by atomic mass is 10.1. The van der Waals surface area contributed by atoms with Crippen molar-refractivity contribution in [2.75, 3.05) is 24.8 Å². The van der Waals surface area contributed by atoms with E-state index in [2.05, 4.69) is 11.4 Å². The van der Waals surface area contributed by atoms with E-state index in [1.807, 2.05) is 26.0 Å². The molecule has 0 spiro atoms. The lowest BCUT2D eigenvalue weighted by Gasteiger charge is -2.12. The Labute approximate surface area is 183 Å². The normalized spacial score (nSPS) is 13.0. The second-order valence-electron chi connectivity index (χ2n) is 7.59. The first-order valence-corrected chi connectivity index (χ1v) is 11.8. The molecule has 1 aliphatic rings. The van der Waals surface area contributed by atoms with E-state index in [-0.39, 0.29) is 17.2 Å². The van der Waals surface area contributed by atoms with E-state index < -0.39 is 0 Å². The van der Waals surface area contributed by atoms with Gasteiger partial charge in [-0.2, -0.15) is 0 Å². The number of aromatic nitrogens is 2. The molecule has 0 fully saturated rings. The van der Waals surface area contributed by atoms with Gasteiger partial charge in [0.05, 0.1) is 24.3 Å². The topological polar surface area (TPSA) is 73.2 Å². The number of rotatable bonds is 7. The van der Waals surface area contributed by atoms with Crippen LogP contribution in [0.3, 0.4) is 0 Å². The van der Waals surface area contributed by atoms with E-state index in [1.165, 1.54) is 22.2 Å². The molecule has 0 saturated carbocycles. The SMILES string of the molecule is COCCn1c(SCC(=O)Nc2cc(C)cc(C)c2)nc2sc3c(c2c1=O)CCC3. The largest absolute Gasteiger partial charge is 0.383 e. The number of ether oxygens (including phenoxy) is 1. The molecule has 1 aliphatic carbocycles. The van der Waals surface area contributed by atoms with Crippen molar-refractivity contribution in [3.05, 3.63) is 50.1 Å². The quantitative estimate of drug-likeness (QED) is 0.442. The summed E-state index contributed by atoms with van der Waals surface area (Å²) in [5, 5.41) is 4.27. The fourth-order valence-electron chi connectivity index (χ4n) is 3.92. The average molecular weight is 444 g/mol. The Kier molecular flexibility index (Phi) is 6.26. The van der Waals surface area contributed by atoms with Gasteiger partial charge in [-0.15, -0.1) is 11.3 Å². The van der Waals surface area contributed by atoms with Gasteiger partial charge in [-0.1, -0.05) is 17.8 Å². The van der Waals surface area contributed by atoms with Gasteiger partial charge in [-0.25, -0.2) is 4.98 Å². The molecule has 0 bridgehead atoms. The number of carbonyl (C=O) groups excluding carboxylic acids is 1. The van der Waals surface area contributed by atoms with Crippen LogP contribution in [-0.2, 0) is 28.9 Å². The van der Waals surface area contributed by atoms with Crippen molar-refractivity contribution in [2.24, 2.45) is 0 Å². The third kappa shape index (κ3) is 4.31. The number of nitrogens with one attached hydrogen (secondary N) is 1. The van der Waals surface area contributed by atoms with Crippen molar-refractivity contribution in [1.82, 2.24) is 9.55 Å². The monoisotopic (exact) mass is 443 g/mol. The summed E-state index contributed by atoms with van der Waals surface area (Å²) >= 11 is 2.91.